The van der Waals surface area contributed by atoms with Gasteiger partial charge in [-0.15, -0.1) is 11.8 Å². The Kier molecular flexibility index (Phi) is 7.41. The maximum absolute atomic E-state index is 12.6. The van der Waals surface area contributed by atoms with Crippen LogP contribution in [0.5, 0.6) is 11.5 Å². The SMILES string of the molecule is COc1ccc(S[C@@H](C)C(=O)N[C@@H](C)c2ccc(C(C)(C)C)cc2)cc1OC. The van der Waals surface area contributed by atoms with Crippen molar-refractivity contribution in [3.8, 4) is 11.5 Å². The molecule has 2 atom stereocenters. The number of amides is 1. The predicted molar refractivity (Wildman–Crippen MR) is 117 cm³/mol. The Morgan fingerprint density at radius 2 is 1.57 bits per heavy atom. The number of rotatable bonds is 7. The van der Waals surface area contributed by atoms with E-state index in [0.29, 0.717) is 11.5 Å². The summed E-state index contributed by atoms with van der Waals surface area (Å²) >= 11 is 1.50. The number of methoxy groups -OCH3 is 2. The van der Waals surface area contributed by atoms with Crippen molar-refractivity contribution < 1.29 is 14.3 Å². The third-order valence-electron chi connectivity index (χ3n) is 4.67. The molecule has 0 aromatic heterocycles. The summed E-state index contributed by atoms with van der Waals surface area (Å²) in [5.74, 6) is 1.34. The topological polar surface area (TPSA) is 47.6 Å². The molecule has 2 rings (SSSR count). The molecular weight excluding hydrogens is 370 g/mol. The summed E-state index contributed by atoms with van der Waals surface area (Å²) in [5, 5.41) is 2.88. The van der Waals surface area contributed by atoms with Gasteiger partial charge in [0.05, 0.1) is 25.5 Å². The van der Waals surface area contributed by atoms with Crippen molar-refractivity contribution in [2.24, 2.45) is 0 Å². The van der Waals surface area contributed by atoms with E-state index in [0.717, 1.165) is 10.5 Å². The molecule has 1 N–H and O–H groups in total. The van der Waals surface area contributed by atoms with Gasteiger partial charge in [-0.3, -0.25) is 4.79 Å². The van der Waals surface area contributed by atoms with Crippen molar-refractivity contribution in [1.82, 2.24) is 5.32 Å². The summed E-state index contributed by atoms with van der Waals surface area (Å²) < 4.78 is 10.6. The van der Waals surface area contributed by atoms with Gasteiger partial charge >= 0.3 is 0 Å². The summed E-state index contributed by atoms with van der Waals surface area (Å²) in [5.41, 5.74) is 2.51. The molecule has 0 saturated heterocycles. The van der Waals surface area contributed by atoms with Gasteiger partial charge in [-0.1, -0.05) is 45.0 Å². The normalized spacial score (nSPS) is 13.5. The molecule has 0 aliphatic rings. The van der Waals surface area contributed by atoms with E-state index in [-0.39, 0.29) is 22.6 Å². The second kappa shape index (κ2) is 9.37. The van der Waals surface area contributed by atoms with E-state index >= 15 is 0 Å². The van der Waals surface area contributed by atoms with E-state index in [2.05, 4.69) is 50.4 Å². The Balaban J connectivity index is 2.00. The lowest BCUT2D eigenvalue weighted by Gasteiger charge is -2.21. The minimum atomic E-state index is -0.227. The van der Waals surface area contributed by atoms with Gasteiger partial charge < -0.3 is 14.8 Å². The highest BCUT2D eigenvalue weighted by atomic mass is 32.2. The molecule has 0 saturated carbocycles. The zero-order chi connectivity index (χ0) is 20.9. The first-order chi connectivity index (χ1) is 13.2. The Bertz CT molecular complexity index is 796. The van der Waals surface area contributed by atoms with Crippen LogP contribution in [0.1, 0.15) is 51.8 Å². The van der Waals surface area contributed by atoms with E-state index in [1.807, 2.05) is 32.0 Å². The molecule has 0 fully saturated rings. The molecule has 4 nitrogen and oxygen atoms in total. The standard InChI is InChI=1S/C23H31NO3S/c1-15(17-8-10-18(11-9-17)23(3,4)5)24-22(25)16(2)28-19-12-13-20(26-6)21(14-19)27-7/h8-16H,1-7H3,(H,24,25)/t15-,16-/m0/s1. The van der Waals surface area contributed by atoms with Crippen molar-refractivity contribution in [3.05, 3.63) is 53.6 Å². The number of hydrogen-bond donors (Lipinski definition) is 1. The Morgan fingerprint density at radius 3 is 2.11 bits per heavy atom. The number of hydrogen-bond acceptors (Lipinski definition) is 4. The van der Waals surface area contributed by atoms with Crippen LogP contribution in [0.4, 0.5) is 0 Å². The monoisotopic (exact) mass is 401 g/mol. The highest BCUT2D eigenvalue weighted by Gasteiger charge is 2.19. The van der Waals surface area contributed by atoms with Crippen LogP contribution >= 0.6 is 11.8 Å². The third kappa shape index (κ3) is 5.68. The van der Waals surface area contributed by atoms with E-state index < -0.39 is 0 Å². The number of benzene rings is 2. The van der Waals surface area contributed by atoms with Crippen molar-refractivity contribution in [1.29, 1.82) is 0 Å². The zero-order valence-corrected chi connectivity index (χ0v) is 18.6. The Hall–Kier alpha value is -2.14. The molecule has 152 valence electrons. The fourth-order valence-corrected chi connectivity index (χ4v) is 3.74. The first-order valence-corrected chi connectivity index (χ1v) is 10.3. The second-order valence-corrected chi connectivity index (χ2v) is 9.29. The van der Waals surface area contributed by atoms with Gasteiger partial charge in [0.2, 0.25) is 5.91 Å². The molecule has 28 heavy (non-hydrogen) atoms. The summed E-state index contributed by atoms with van der Waals surface area (Å²) in [4.78, 5) is 13.6. The molecule has 2 aromatic carbocycles. The minimum absolute atomic E-state index is 0.00665. The average Bonchev–Trinajstić information content (AvgIpc) is 2.67. The van der Waals surface area contributed by atoms with Crippen LogP contribution in [0, 0.1) is 0 Å². The molecule has 0 spiro atoms. The number of thioether (sulfide) groups is 1. The van der Waals surface area contributed by atoms with Gasteiger partial charge in [0.15, 0.2) is 11.5 Å². The maximum atomic E-state index is 12.6. The molecule has 1 amide bonds. The van der Waals surface area contributed by atoms with Gasteiger partial charge in [-0.2, -0.15) is 0 Å². The van der Waals surface area contributed by atoms with Crippen LogP contribution < -0.4 is 14.8 Å². The van der Waals surface area contributed by atoms with Crippen molar-refractivity contribution in [3.63, 3.8) is 0 Å². The summed E-state index contributed by atoms with van der Waals surface area (Å²) in [6, 6.07) is 14.1. The van der Waals surface area contributed by atoms with Crippen molar-refractivity contribution >= 4 is 17.7 Å². The van der Waals surface area contributed by atoms with E-state index in [9.17, 15) is 4.79 Å². The van der Waals surface area contributed by atoms with Gasteiger partial charge in [-0.05, 0) is 48.6 Å². The van der Waals surface area contributed by atoms with Crippen molar-refractivity contribution in [2.75, 3.05) is 14.2 Å². The fraction of sp³-hybridized carbons (Fsp3) is 0.435. The minimum Gasteiger partial charge on any atom is -0.493 e. The van der Waals surface area contributed by atoms with E-state index in [4.69, 9.17) is 9.47 Å². The van der Waals surface area contributed by atoms with Crippen LogP contribution in [0.2, 0.25) is 0 Å². The van der Waals surface area contributed by atoms with Crippen LogP contribution in [-0.2, 0) is 10.2 Å². The zero-order valence-electron chi connectivity index (χ0n) is 17.8. The van der Waals surface area contributed by atoms with Crippen molar-refractivity contribution in [2.45, 2.75) is 56.2 Å². The lowest BCUT2D eigenvalue weighted by atomic mass is 9.86. The van der Waals surface area contributed by atoms with Gasteiger partial charge in [-0.25, -0.2) is 0 Å². The molecule has 5 heteroatoms. The number of carbonyl (C=O) groups is 1. The average molecular weight is 402 g/mol. The highest BCUT2D eigenvalue weighted by Crippen LogP contribution is 2.33. The molecule has 0 aliphatic heterocycles. The first-order valence-electron chi connectivity index (χ1n) is 9.45. The summed E-state index contributed by atoms with van der Waals surface area (Å²) in [7, 11) is 3.21. The van der Waals surface area contributed by atoms with Crippen LogP contribution in [0.15, 0.2) is 47.4 Å². The number of carbonyl (C=O) groups excluding carboxylic acids is 1. The van der Waals surface area contributed by atoms with Gasteiger partial charge in [0.1, 0.15) is 0 Å². The maximum Gasteiger partial charge on any atom is 0.233 e. The molecule has 0 heterocycles. The highest BCUT2D eigenvalue weighted by molar-refractivity contribution is 8.00. The molecular formula is C23H31NO3S. The lowest BCUT2D eigenvalue weighted by molar-refractivity contribution is -0.120. The summed E-state index contributed by atoms with van der Waals surface area (Å²) in [6.07, 6.45) is 0. The molecule has 0 unspecified atom stereocenters. The van der Waals surface area contributed by atoms with E-state index in [1.165, 1.54) is 17.3 Å². The summed E-state index contributed by atoms with van der Waals surface area (Å²) in [6.45, 7) is 10.5. The molecule has 0 radical (unpaired) electrons. The van der Waals surface area contributed by atoms with Gasteiger partial charge in [0.25, 0.3) is 0 Å². The third-order valence-corrected chi connectivity index (χ3v) is 5.77. The smallest absolute Gasteiger partial charge is 0.233 e. The lowest BCUT2D eigenvalue weighted by Crippen LogP contribution is -2.33. The second-order valence-electron chi connectivity index (χ2n) is 7.88. The van der Waals surface area contributed by atoms with Crippen LogP contribution in [0.25, 0.3) is 0 Å². The Morgan fingerprint density at radius 1 is 0.964 bits per heavy atom. The molecule has 2 aromatic rings. The molecule has 0 aliphatic carbocycles. The van der Waals surface area contributed by atoms with Crippen LogP contribution in [0.3, 0.4) is 0 Å². The Labute approximate surface area is 173 Å². The molecule has 0 bridgehead atoms. The van der Waals surface area contributed by atoms with Gasteiger partial charge in [0, 0.05) is 4.90 Å². The van der Waals surface area contributed by atoms with E-state index in [1.54, 1.807) is 14.2 Å². The fourth-order valence-electron chi connectivity index (χ4n) is 2.83. The quantitative estimate of drug-likeness (QED) is 0.635. The largest absolute Gasteiger partial charge is 0.493 e. The number of ether oxygens (including phenoxy) is 2. The first kappa shape index (κ1) is 22.2. The van der Waals surface area contributed by atoms with Crippen LogP contribution in [-0.4, -0.2) is 25.4 Å². The predicted octanol–water partition coefficient (Wildman–Crippen LogP) is 5.36. The number of nitrogens with one attached hydrogen (secondary N) is 1.